The summed E-state index contributed by atoms with van der Waals surface area (Å²) in [5, 5.41) is 7.88. The summed E-state index contributed by atoms with van der Waals surface area (Å²) >= 11 is 0. The van der Waals surface area contributed by atoms with Gasteiger partial charge < -0.3 is 10.1 Å². The summed E-state index contributed by atoms with van der Waals surface area (Å²) in [5.41, 5.74) is 2.10. The van der Waals surface area contributed by atoms with Crippen LogP contribution < -0.4 is 5.32 Å². The molecule has 19 heavy (non-hydrogen) atoms. The molecular formula is C14H22N4O. The van der Waals surface area contributed by atoms with Gasteiger partial charge >= 0.3 is 0 Å². The SMILES string of the molecule is CCOCCNc1nccn2nc(C(C)(C)C)cc12. The summed E-state index contributed by atoms with van der Waals surface area (Å²) < 4.78 is 7.19. The number of nitrogens with zero attached hydrogens (tertiary/aromatic N) is 3. The first kappa shape index (κ1) is 13.8. The Morgan fingerprint density at radius 3 is 2.84 bits per heavy atom. The van der Waals surface area contributed by atoms with Crippen molar-refractivity contribution in [3.8, 4) is 0 Å². The molecule has 0 aliphatic rings. The van der Waals surface area contributed by atoms with E-state index in [4.69, 9.17) is 4.74 Å². The Hall–Kier alpha value is -1.62. The van der Waals surface area contributed by atoms with E-state index in [1.165, 1.54) is 0 Å². The highest BCUT2D eigenvalue weighted by Crippen LogP contribution is 2.24. The Morgan fingerprint density at radius 1 is 1.37 bits per heavy atom. The zero-order chi connectivity index (χ0) is 13.9. The van der Waals surface area contributed by atoms with E-state index in [1.807, 2.05) is 17.6 Å². The van der Waals surface area contributed by atoms with Crippen molar-refractivity contribution in [1.29, 1.82) is 0 Å². The Bertz CT molecular complexity index is 542. The van der Waals surface area contributed by atoms with Gasteiger partial charge in [-0.1, -0.05) is 20.8 Å². The second-order valence-corrected chi connectivity index (χ2v) is 5.51. The largest absolute Gasteiger partial charge is 0.380 e. The zero-order valence-electron chi connectivity index (χ0n) is 12.1. The standard InChI is InChI=1S/C14H22N4O/c1-5-19-9-7-16-13-11-10-12(14(2,3)4)17-18(11)8-6-15-13/h6,8,10H,5,7,9H2,1-4H3,(H,15,16). The predicted molar refractivity (Wildman–Crippen MR) is 76.7 cm³/mol. The summed E-state index contributed by atoms with van der Waals surface area (Å²) in [6.45, 7) is 10.6. The van der Waals surface area contributed by atoms with Crippen LogP contribution in [0.4, 0.5) is 5.82 Å². The fourth-order valence-electron chi connectivity index (χ4n) is 1.81. The van der Waals surface area contributed by atoms with Gasteiger partial charge in [-0.2, -0.15) is 5.10 Å². The van der Waals surface area contributed by atoms with Crippen LogP contribution >= 0.6 is 0 Å². The Labute approximate surface area is 114 Å². The van der Waals surface area contributed by atoms with Gasteiger partial charge in [0.15, 0.2) is 5.82 Å². The fraction of sp³-hybridized carbons (Fsp3) is 0.571. The minimum absolute atomic E-state index is 0.0363. The van der Waals surface area contributed by atoms with Gasteiger partial charge in [0.25, 0.3) is 0 Å². The minimum atomic E-state index is 0.0363. The number of hydrogen-bond donors (Lipinski definition) is 1. The van der Waals surface area contributed by atoms with E-state index in [9.17, 15) is 0 Å². The third kappa shape index (κ3) is 3.23. The van der Waals surface area contributed by atoms with Gasteiger partial charge in [0.1, 0.15) is 5.52 Å². The third-order valence-electron chi connectivity index (χ3n) is 2.90. The van der Waals surface area contributed by atoms with Crippen molar-refractivity contribution >= 4 is 11.3 Å². The number of aromatic nitrogens is 3. The smallest absolute Gasteiger partial charge is 0.152 e. The molecule has 0 saturated carbocycles. The maximum Gasteiger partial charge on any atom is 0.152 e. The van der Waals surface area contributed by atoms with Crippen molar-refractivity contribution < 1.29 is 4.74 Å². The normalized spacial score (nSPS) is 12.0. The molecule has 2 aromatic rings. The molecule has 0 aromatic carbocycles. The number of rotatable bonds is 5. The van der Waals surface area contributed by atoms with Crippen molar-refractivity contribution in [1.82, 2.24) is 14.6 Å². The quantitative estimate of drug-likeness (QED) is 0.841. The van der Waals surface area contributed by atoms with Crippen molar-refractivity contribution in [3.63, 3.8) is 0 Å². The van der Waals surface area contributed by atoms with E-state index in [1.54, 1.807) is 6.20 Å². The van der Waals surface area contributed by atoms with E-state index in [-0.39, 0.29) is 5.41 Å². The highest BCUT2D eigenvalue weighted by Gasteiger charge is 2.18. The second kappa shape index (κ2) is 5.57. The Kier molecular flexibility index (Phi) is 4.04. The van der Waals surface area contributed by atoms with Crippen LogP contribution in [0.3, 0.4) is 0 Å². The summed E-state index contributed by atoms with van der Waals surface area (Å²) in [4.78, 5) is 4.37. The second-order valence-electron chi connectivity index (χ2n) is 5.51. The average molecular weight is 262 g/mol. The van der Waals surface area contributed by atoms with Crippen LogP contribution in [0, 0.1) is 0 Å². The molecule has 0 amide bonds. The van der Waals surface area contributed by atoms with Gasteiger partial charge in [0.05, 0.1) is 12.3 Å². The molecular weight excluding hydrogens is 240 g/mol. The van der Waals surface area contributed by atoms with Gasteiger partial charge in [-0.25, -0.2) is 9.50 Å². The molecule has 0 radical (unpaired) electrons. The van der Waals surface area contributed by atoms with Crippen LogP contribution in [0.15, 0.2) is 18.5 Å². The van der Waals surface area contributed by atoms with E-state index in [2.05, 4.69) is 42.2 Å². The van der Waals surface area contributed by atoms with E-state index in [0.717, 1.165) is 30.2 Å². The topological polar surface area (TPSA) is 51.5 Å². The van der Waals surface area contributed by atoms with Crippen molar-refractivity contribution in [2.24, 2.45) is 0 Å². The Morgan fingerprint density at radius 2 is 2.16 bits per heavy atom. The Balaban J connectivity index is 2.22. The van der Waals surface area contributed by atoms with E-state index < -0.39 is 0 Å². The zero-order valence-corrected chi connectivity index (χ0v) is 12.1. The van der Waals surface area contributed by atoms with Gasteiger partial charge in [-0.15, -0.1) is 0 Å². The lowest BCUT2D eigenvalue weighted by molar-refractivity contribution is 0.158. The first-order valence-corrected chi connectivity index (χ1v) is 6.69. The van der Waals surface area contributed by atoms with Gasteiger partial charge in [-0.05, 0) is 13.0 Å². The van der Waals surface area contributed by atoms with Crippen molar-refractivity contribution in [2.45, 2.75) is 33.1 Å². The number of fused-ring (bicyclic) bond motifs is 1. The minimum Gasteiger partial charge on any atom is -0.380 e. The summed E-state index contributed by atoms with van der Waals surface area (Å²) in [7, 11) is 0. The summed E-state index contributed by atoms with van der Waals surface area (Å²) in [6.07, 6.45) is 3.63. The highest BCUT2D eigenvalue weighted by atomic mass is 16.5. The molecule has 104 valence electrons. The monoisotopic (exact) mass is 262 g/mol. The first-order valence-electron chi connectivity index (χ1n) is 6.69. The highest BCUT2D eigenvalue weighted by molar-refractivity contribution is 5.68. The van der Waals surface area contributed by atoms with E-state index in [0.29, 0.717) is 6.61 Å². The fourth-order valence-corrected chi connectivity index (χ4v) is 1.81. The van der Waals surface area contributed by atoms with Crippen molar-refractivity contribution in [3.05, 3.63) is 24.2 Å². The van der Waals surface area contributed by atoms with Crippen LogP contribution in [0.1, 0.15) is 33.4 Å². The van der Waals surface area contributed by atoms with E-state index >= 15 is 0 Å². The number of nitrogens with one attached hydrogen (secondary N) is 1. The molecule has 0 fully saturated rings. The molecule has 0 spiro atoms. The summed E-state index contributed by atoms with van der Waals surface area (Å²) in [5.74, 6) is 0.852. The third-order valence-corrected chi connectivity index (χ3v) is 2.90. The average Bonchev–Trinajstić information content (AvgIpc) is 2.79. The van der Waals surface area contributed by atoms with Gasteiger partial charge in [0, 0.05) is 31.0 Å². The predicted octanol–water partition coefficient (Wildman–Crippen LogP) is 2.48. The molecule has 1 N–H and O–H groups in total. The molecule has 0 bridgehead atoms. The molecule has 2 heterocycles. The van der Waals surface area contributed by atoms with Gasteiger partial charge in [-0.3, -0.25) is 0 Å². The maximum absolute atomic E-state index is 5.31. The van der Waals surface area contributed by atoms with Crippen LogP contribution in [0.5, 0.6) is 0 Å². The molecule has 0 saturated heterocycles. The number of anilines is 1. The van der Waals surface area contributed by atoms with Crippen LogP contribution in [-0.2, 0) is 10.2 Å². The lowest BCUT2D eigenvalue weighted by Gasteiger charge is -2.13. The number of ether oxygens (including phenoxy) is 1. The molecule has 5 heteroatoms. The molecule has 0 aliphatic heterocycles. The van der Waals surface area contributed by atoms with Crippen LogP contribution in [0.25, 0.3) is 5.52 Å². The van der Waals surface area contributed by atoms with Gasteiger partial charge in [0.2, 0.25) is 0 Å². The maximum atomic E-state index is 5.31. The first-order chi connectivity index (χ1) is 9.02. The lowest BCUT2D eigenvalue weighted by Crippen LogP contribution is -2.11. The molecule has 5 nitrogen and oxygen atoms in total. The molecule has 2 rings (SSSR count). The molecule has 2 aromatic heterocycles. The number of hydrogen-bond acceptors (Lipinski definition) is 4. The van der Waals surface area contributed by atoms with Crippen LogP contribution in [-0.4, -0.2) is 34.4 Å². The van der Waals surface area contributed by atoms with Crippen LogP contribution in [0.2, 0.25) is 0 Å². The molecule has 0 atom stereocenters. The molecule has 0 unspecified atom stereocenters. The summed E-state index contributed by atoms with van der Waals surface area (Å²) in [6, 6.07) is 2.09. The lowest BCUT2D eigenvalue weighted by atomic mass is 9.92. The van der Waals surface area contributed by atoms with Crippen molar-refractivity contribution in [2.75, 3.05) is 25.1 Å². The molecule has 0 aliphatic carbocycles.